The highest BCUT2D eigenvalue weighted by Gasteiger charge is 2.23. The average Bonchev–Trinajstić information content (AvgIpc) is 2.99. The van der Waals surface area contributed by atoms with Gasteiger partial charge < -0.3 is 5.32 Å². The van der Waals surface area contributed by atoms with Crippen LogP contribution in [0.25, 0.3) is 11.3 Å². The predicted octanol–water partition coefficient (Wildman–Crippen LogP) is 3.82. The van der Waals surface area contributed by atoms with E-state index in [1.165, 1.54) is 5.01 Å². The number of aromatic nitrogens is 1. The molecule has 0 saturated carbocycles. The first-order valence-corrected chi connectivity index (χ1v) is 8.70. The van der Waals surface area contributed by atoms with Crippen molar-refractivity contribution in [2.75, 3.05) is 26.2 Å². The van der Waals surface area contributed by atoms with Gasteiger partial charge in [0.1, 0.15) is 5.01 Å². The maximum absolute atomic E-state index is 6.28. The molecule has 3 rings (SSSR count). The van der Waals surface area contributed by atoms with Crippen molar-refractivity contribution in [1.82, 2.24) is 15.2 Å². The number of hydrogen-bond donors (Lipinski definition) is 1. The number of benzene rings is 1. The summed E-state index contributed by atoms with van der Waals surface area (Å²) in [5.41, 5.74) is 2.02. The molecule has 1 saturated heterocycles. The van der Waals surface area contributed by atoms with Crippen LogP contribution in [0.15, 0.2) is 29.6 Å². The fourth-order valence-corrected chi connectivity index (χ4v) is 4.08. The Bertz CT molecular complexity index is 593. The van der Waals surface area contributed by atoms with E-state index in [0.29, 0.717) is 6.04 Å². The number of thiazole rings is 1. The summed E-state index contributed by atoms with van der Waals surface area (Å²) >= 11 is 8.02. The maximum Gasteiger partial charge on any atom is 0.110 e. The lowest BCUT2D eigenvalue weighted by atomic mass is 10.1. The molecule has 0 amide bonds. The van der Waals surface area contributed by atoms with Crippen LogP contribution >= 0.6 is 22.9 Å². The molecule has 5 heteroatoms. The molecule has 1 aliphatic heterocycles. The molecule has 0 spiro atoms. The fraction of sp³-hybridized carbons (Fsp3) is 0.438. The molecule has 1 unspecified atom stereocenters. The Labute approximate surface area is 135 Å². The number of hydrogen-bond acceptors (Lipinski definition) is 4. The predicted molar refractivity (Wildman–Crippen MR) is 90.0 cm³/mol. The van der Waals surface area contributed by atoms with E-state index < -0.39 is 0 Å². The minimum absolute atomic E-state index is 0.424. The standard InChI is InChI=1S/C16H20ClN3S/c1-2-15(20-9-7-18-8-10-20)16-19-14(11-21-16)12-5-3-4-6-13(12)17/h3-6,11,15,18H,2,7-10H2,1H3. The van der Waals surface area contributed by atoms with Crippen LogP contribution < -0.4 is 5.32 Å². The largest absolute Gasteiger partial charge is 0.314 e. The molecule has 2 heterocycles. The molecular weight excluding hydrogens is 302 g/mol. The van der Waals surface area contributed by atoms with E-state index in [4.69, 9.17) is 16.6 Å². The van der Waals surface area contributed by atoms with Gasteiger partial charge in [0, 0.05) is 42.1 Å². The van der Waals surface area contributed by atoms with Gasteiger partial charge in [0.25, 0.3) is 0 Å². The van der Waals surface area contributed by atoms with Gasteiger partial charge in [-0.25, -0.2) is 4.98 Å². The maximum atomic E-state index is 6.28. The number of nitrogens with zero attached hydrogens (tertiary/aromatic N) is 2. The first kappa shape index (κ1) is 15.0. The van der Waals surface area contributed by atoms with Crippen LogP contribution in [-0.2, 0) is 0 Å². The van der Waals surface area contributed by atoms with Gasteiger partial charge in [0.05, 0.1) is 11.7 Å². The quantitative estimate of drug-likeness (QED) is 0.928. The molecule has 0 radical (unpaired) electrons. The minimum atomic E-state index is 0.424. The summed E-state index contributed by atoms with van der Waals surface area (Å²) < 4.78 is 0. The molecule has 3 nitrogen and oxygen atoms in total. The van der Waals surface area contributed by atoms with Crippen LogP contribution in [0.3, 0.4) is 0 Å². The third-order valence-corrected chi connectivity index (χ3v) is 5.21. The lowest BCUT2D eigenvalue weighted by Crippen LogP contribution is -2.45. The topological polar surface area (TPSA) is 28.2 Å². The van der Waals surface area contributed by atoms with Crippen LogP contribution in [0.5, 0.6) is 0 Å². The SMILES string of the molecule is CCC(c1nc(-c2ccccc2Cl)cs1)N1CCNCC1. The normalized spacial score (nSPS) is 17.8. The number of piperazine rings is 1. The summed E-state index contributed by atoms with van der Waals surface area (Å²) in [5.74, 6) is 0. The van der Waals surface area contributed by atoms with E-state index in [1.807, 2.05) is 24.3 Å². The molecule has 21 heavy (non-hydrogen) atoms. The third-order valence-electron chi connectivity index (χ3n) is 3.94. The monoisotopic (exact) mass is 321 g/mol. The summed E-state index contributed by atoms with van der Waals surface area (Å²) in [4.78, 5) is 7.39. The average molecular weight is 322 g/mol. The first-order valence-electron chi connectivity index (χ1n) is 7.44. The van der Waals surface area contributed by atoms with Gasteiger partial charge in [0.15, 0.2) is 0 Å². The van der Waals surface area contributed by atoms with E-state index in [0.717, 1.165) is 48.9 Å². The molecular formula is C16H20ClN3S. The lowest BCUT2D eigenvalue weighted by Gasteiger charge is -2.33. The molecule has 112 valence electrons. The molecule has 1 atom stereocenters. The fourth-order valence-electron chi connectivity index (χ4n) is 2.82. The van der Waals surface area contributed by atoms with E-state index in [9.17, 15) is 0 Å². The van der Waals surface area contributed by atoms with Gasteiger partial charge in [-0.3, -0.25) is 4.90 Å². The Balaban J connectivity index is 1.84. The van der Waals surface area contributed by atoms with Crippen molar-refractivity contribution in [3.63, 3.8) is 0 Å². The lowest BCUT2D eigenvalue weighted by molar-refractivity contribution is 0.169. The second kappa shape index (κ2) is 6.88. The zero-order valence-electron chi connectivity index (χ0n) is 12.2. The van der Waals surface area contributed by atoms with Crippen LogP contribution in [0.4, 0.5) is 0 Å². The number of rotatable bonds is 4. The van der Waals surface area contributed by atoms with Crippen LogP contribution in [0.2, 0.25) is 5.02 Å². The van der Waals surface area contributed by atoms with Crippen molar-refractivity contribution in [2.24, 2.45) is 0 Å². The van der Waals surface area contributed by atoms with Crippen molar-refractivity contribution in [1.29, 1.82) is 0 Å². The van der Waals surface area contributed by atoms with Crippen molar-refractivity contribution in [3.8, 4) is 11.3 Å². The van der Waals surface area contributed by atoms with Crippen LogP contribution in [-0.4, -0.2) is 36.1 Å². The van der Waals surface area contributed by atoms with Crippen molar-refractivity contribution in [3.05, 3.63) is 39.7 Å². The molecule has 0 bridgehead atoms. The van der Waals surface area contributed by atoms with Crippen molar-refractivity contribution < 1.29 is 0 Å². The van der Waals surface area contributed by atoms with Gasteiger partial charge in [0.2, 0.25) is 0 Å². The van der Waals surface area contributed by atoms with Gasteiger partial charge >= 0.3 is 0 Å². The smallest absolute Gasteiger partial charge is 0.110 e. The van der Waals surface area contributed by atoms with E-state index >= 15 is 0 Å². The Kier molecular flexibility index (Phi) is 4.91. The molecule has 1 fully saturated rings. The highest BCUT2D eigenvalue weighted by molar-refractivity contribution is 7.10. The molecule has 1 N–H and O–H groups in total. The molecule has 1 aliphatic rings. The third kappa shape index (κ3) is 3.29. The summed E-state index contributed by atoms with van der Waals surface area (Å²) in [6, 6.07) is 8.34. The van der Waals surface area contributed by atoms with E-state index in [-0.39, 0.29) is 0 Å². The Morgan fingerprint density at radius 2 is 2.10 bits per heavy atom. The summed E-state index contributed by atoms with van der Waals surface area (Å²) in [6.07, 6.45) is 1.09. The Morgan fingerprint density at radius 1 is 1.33 bits per heavy atom. The number of halogens is 1. The zero-order chi connectivity index (χ0) is 14.7. The molecule has 2 aromatic rings. The van der Waals surface area contributed by atoms with Crippen molar-refractivity contribution >= 4 is 22.9 Å². The second-order valence-corrected chi connectivity index (χ2v) is 6.56. The van der Waals surface area contributed by atoms with Gasteiger partial charge in [-0.15, -0.1) is 11.3 Å². The second-order valence-electron chi connectivity index (χ2n) is 5.26. The molecule has 1 aromatic heterocycles. The Hall–Kier alpha value is -0.940. The van der Waals surface area contributed by atoms with Crippen molar-refractivity contribution in [2.45, 2.75) is 19.4 Å². The first-order chi connectivity index (χ1) is 10.3. The summed E-state index contributed by atoms with van der Waals surface area (Å²) in [5, 5.41) is 7.51. The van der Waals surface area contributed by atoms with E-state index in [2.05, 4.69) is 22.5 Å². The molecule has 0 aliphatic carbocycles. The molecule has 1 aromatic carbocycles. The summed E-state index contributed by atoms with van der Waals surface area (Å²) in [6.45, 7) is 6.57. The van der Waals surface area contributed by atoms with Crippen LogP contribution in [0, 0.1) is 0 Å². The minimum Gasteiger partial charge on any atom is -0.314 e. The highest BCUT2D eigenvalue weighted by atomic mass is 35.5. The number of nitrogens with one attached hydrogen (secondary N) is 1. The van der Waals surface area contributed by atoms with Gasteiger partial charge in [-0.05, 0) is 12.5 Å². The Morgan fingerprint density at radius 3 is 2.81 bits per heavy atom. The van der Waals surface area contributed by atoms with E-state index in [1.54, 1.807) is 11.3 Å². The zero-order valence-corrected chi connectivity index (χ0v) is 13.8. The summed E-state index contributed by atoms with van der Waals surface area (Å²) in [7, 11) is 0. The van der Waals surface area contributed by atoms with Gasteiger partial charge in [-0.1, -0.05) is 36.7 Å². The van der Waals surface area contributed by atoms with Crippen LogP contribution in [0.1, 0.15) is 24.4 Å². The van der Waals surface area contributed by atoms with Gasteiger partial charge in [-0.2, -0.15) is 0 Å². The highest BCUT2D eigenvalue weighted by Crippen LogP contribution is 2.33.